The molecule has 1 amide bonds. The zero-order valence-electron chi connectivity index (χ0n) is 14.8. The first kappa shape index (κ1) is 18.9. The summed E-state index contributed by atoms with van der Waals surface area (Å²) in [4.78, 5) is 18.4. The van der Waals surface area contributed by atoms with Crippen molar-refractivity contribution in [3.63, 3.8) is 0 Å². The van der Waals surface area contributed by atoms with Gasteiger partial charge in [-0.15, -0.1) is 0 Å². The van der Waals surface area contributed by atoms with Crippen LogP contribution in [-0.4, -0.2) is 49.5 Å². The number of anilines is 1. The maximum Gasteiger partial charge on any atom is 0.269 e. The Morgan fingerprint density at radius 3 is 2.52 bits per heavy atom. The van der Waals surface area contributed by atoms with Crippen molar-refractivity contribution < 1.29 is 9.18 Å². The van der Waals surface area contributed by atoms with Crippen LogP contribution in [0.1, 0.15) is 22.5 Å². The number of nitrogens with zero attached hydrogens (tertiary/aromatic N) is 2. The predicted octanol–water partition coefficient (Wildman–Crippen LogP) is 2.56. The van der Waals surface area contributed by atoms with E-state index in [4.69, 9.17) is 0 Å². The average molecular weight is 344 g/mol. The van der Waals surface area contributed by atoms with Crippen LogP contribution in [0.25, 0.3) is 0 Å². The van der Waals surface area contributed by atoms with E-state index in [1.165, 1.54) is 12.1 Å². The number of pyridine rings is 1. The Balaban J connectivity index is 1.73. The van der Waals surface area contributed by atoms with Crippen molar-refractivity contribution in [3.8, 4) is 0 Å². The first-order chi connectivity index (χ1) is 12.0. The molecule has 0 bridgehead atoms. The maximum atomic E-state index is 12.8. The molecule has 0 aliphatic carbocycles. The molecule has 1 heterocycles. The lowest BCUT2D eigenvalue weighted by Crippen LogP contribution is -2.26. The quantitative estimate of drug-likeness (QED) is 0.687. The second kappa shape index (κ2) is 9.74. The summed E-state index contributed by atoms with van der Waals surface area (Å²) in [5.74, 6) is -0.464. The largest absolute Gasteiger partial charge is 0.384 e. The number of halogens is 1. The molecular weight excluding hydrogens is 319 g/mol. The van der Waals surface area contributed by atoms with Crippen molar-refractivity contribution in [1.29, 1.82) is 0 Å². The first-order valence-corrected chi connectivity index (χ1v) is 8.42. The van der Waals surface area contributed by atoms with Crippen molar-refractivity contribution in [2.24, 2.45) is 0 Å². The second-order valence-corrected chi connectivity index (χ2v) is 6.15. The molecule has 0 unspecified atom stereocenters. The van der Waals surface area contributed by atoms with Crippen molar-refractivity contribution in [3.05, 3.63) is 59.7 Å². The van der Waals surface area contributed by atoms with Gasteiger partial charge in [0.15, 0.2) is 0 Å². The smallest absolute Gasteiger partial charge is 0.269 e. The number of carbonyl (C=O) groups is 1. The van der Waals surface area contributed by atoms with Gasteiger partial charge < -0.3 is 15.5 Å². The summed E-state index contributed by atoms with van der Waals surface area (Å²) in [6.45, 7) is 2.37. The molecule has 1 aromatic carbocycles. The third kappa shape index (κ3) is 6.89. The highest BCUT2D eigenvalue weighted by atomic mass is 19.1. The summed E-state index contributed by atoms with van der Waals surface area (Å²) < 4.78 is 12.8. The summed E-state index contributed by atoms with van der Waals surface area (Å²) in [6, 6.07) is 9.85. The van der Waals surface area contributed by atoms with Gasteiger partial charge in [-0.05, 0) is 63.3 Å². The highest BCUT2D eigenvalue weighted by Gasteiger charge is 2.06. The first-order valence-electron chi connectivity index (χ1n) is 8.42. The van der Waals surface area contributed by atoms with Gasteiger partial charge in [0.2, 0.25) is 0 Å². The number of benzene rings is 1. The molecule has 0 radical (unpaired) electrons. The summed E-state index contributed by atoms with van der Waals surface area (Å²) in [5.41, 5.74) is 2.27. The molecule has 25 heavy (non-hydrogen) atoms. The Labute approximate surface area is 148 Å². The van der Waals surface area contributed by atoms with E-state index in [1.54, 1.807) is 24.4 Å². The molecule has 1 aromatic heterocycles. The topological polar surface area (TPSA) is 57.3 Å². The number of hydrogen-bond acceptors (Lipinski definition) is 4. The molecule has 2 aromatic rings. The molecule has 6 heteroatoms. The fourth-order valence-electron chi connectivity index (χ4n) is 2.32. The molecule has 2 N–H and O–H groups in total. The Kier molecular flexibility index (Phi) is 7.35. The Hall–Kier alpha value is -2.47. The number of amides is 1. The molecular formula is C19H25FN4O. The van der Waals surface area contributed by atoms with E-state index in [0.29, 0.717) is 18.7 Å². The highest BCUT2D eigenvalue weighted by Crippen LogP contribution is 2.07. The maximum absolute atomic E-state index is 12.8. The van der Waals surface area contributed by atoms with Crippen LogP contribution in [0.2, 0.25) is 0 Å². The van der Waals surface area contributed by atoms with Gasteiger partial charge in [-0.25, -0.2) is 9.37 Å². The molecule has 0 saturated carbocycles. The van der Waals surface area contributed by atoms with Crippen LogP contribution in [0.4, 0.5) is 10.1 Å². The van der Waals surface area contributed by atoms with Crippen LogP contribution in [0.3, 0.4) is 0 Å². The summed E-state index contributed by atoms with van der Waals surface area (Å²) in [5, 5.41) is 6.11. The summed E-state index contributed by atoms with van der Waals surface area (Å²) >= 11 is 0. The van der Waals surface area contributed by atoms with E-state index < -0.39 is 0 Å². The lowest BCUT2D eigenvalue weighted by Gasteiger charge is -2.10. The van der Waals surface area contributed by atoms with Crippen LogP contribution in [0.15, 0.2) is 42.6 Å². The van der Waals surface area contributed by atoms with Crippen LogP contribution in [0, 0.1) is 5.82 Å². The van der Waals surface area contributed by atoms with E-state index in [9.17, 15) is 9.18 Å². The molecule has 0 spiro atoms. The third-order valence-corrected chi connectivity index (χ3v) is 3.72. The van der Waals surface area contributed by atoms with E-state index in [1.807, 2.05) is 20.2 Å². The molecule has 0 atom stereocenters. The van der Waals surface area contributed by atoms with Crippen molar-refractivity contribution in [2.45, 2.75) is 12.8 Å². The molecule has 134 valence electrons. The SMILES string of the molecule is CN(C)CCCNc1ccc(C(=O)NCCc2ccc(F)cc2)nc1. The Morgan fingerprint density at radius 2 is 1.88 bits per heavy atom. The van der Waals surface area contributed by atoms with Crippen LogP contribution in [0.5, 0.6) is 0 Å². The van der Waals surface area contributed by atoms with Crippen molar-refractivity contribution in [2.75, 3.05) is 39.0 Å². The van der Waals surface area contributed by atoms with Gasteiger partial charge in [0.1, 0.15) is 11.5 Å². The summed E-state index contributed by atoms with van der Waals surface area (Å²) in [6.07, 6.45) is 3.36. The summed E-state index contributed by atoms with van der Waals surface area (Å²) in [7, 11) is 4.09. The van der Waals surface area contributed by atoms with E-state index >= 15 is 0 Å². The lowest BCUT2D eigenvalue weighted by atomic mass is 10.1. The minimum Gasteiger partial charge on any atom is -0.384 e. The van der Waals surface area contributed by atoms with Gasteiger partial charge in [0.05, 0.1) is 11.9 Å². The van der Waals surface area contributed by atoms with Gasteiger partial charge in [0.25, 0.3) is 5.91 Å². The van der Waals surface area contributed by atoms with Crippen LogP contribution in [-0.2, 0) is 6.42 Å². The zero-order chi connectivity index (χ0) is 18.1. The van der Waals surface area contributed by atoms with Crippen LogP contribution >= 0.6 is 0 Å². The van der Waals surface area contributed by atoms with Gasteiger partial charge in [0, 0.05) is 13.1 Å². The van der Waals surface area contributed by atoms with E-state index in [-0.39, 0.29) is 11.7 Å². The Bertz CT molecular complexity index is 656. The van der Waals surface area contributed by atoms with E-state index in [2.05, 4.69) is 20.5 Å². The number of rotatable bonds is 9. The monoisotopic (exact) mass is 344 g/mol. The normalized spacial score (nSPS) is 10.7. The third-order valence-electron chi connectivity index (χ3n) is 3.72. The Morgan fingerprint density at radius 1 is 1.12 bits per heavy atom. The van der Waals surface area contributed by atoms with E-state index in [0.717, 1.165) is 30.8 Å². The van der Waals surface area contributed by atoms with Gasteiger partial charge in [-0.1, -0.05) is 12.1 Å². The molecule has 2 rings (SSSR count). The average Bonchev–Trinajstić information content (AvgIpc) is 2.61. The number of aromatic nitrogens is 1. The van der Waals surface area contributed by atoms with Gasteiger partial charge >= 0.3 is 0 Å². The molecule has 0 fully saturated rings. The fraction of sp³-hybridized carbons (Fsp3) is 0.368. The van der Waals surface area contributed by atoms with Gasteiger partial charge in [-0.2, -0.15) is 0 Å². The minimum atomic E-state index is -0.257. The fourth-order valence-corrected chi connectivity index (χ4v) is 2.32. The standard InChI is InChI=1S/C19H25FN4O/c1-24(2)13-3-11-21-17-8-9-18(23-14-17)19(25)22-12-10-15-4-6-16(20)7-5-15/h4-9,14,21H,3,10-13H2,1-2H3,(H,22,25). The second-order valence-electron chi connectivity index (χ2n) is 6.15. The zero-order valence-corrected chi connectivity index (χ0v) is 14.8. The van der Waals surface area contributed by atoms with Crippen LogP contribution < -0.4 is 10.6 Å². The predicted molar refractivity (Wildman–Crippen MR) is 98.3 cm³/mol. The number of hydrogen-bond donors (Lipinski definition) is 2. The molecule has 5 nitrogen and oxygen atoms in total. The number of nitrogens with one attached hydrogen (secondary N) is 2. The lowest BCUT2D eigenvalue weighted by molar-refractivity contribution is 0.0949. The van der Waals surface area contributed by atoms with Crippen molar-refractivity contribution >= 4 is 11.6 Å². The highest BCUT2D eigenvalue weighted by molar-refractivity contribution is 5.92. The molecule has 0 aliphatic heterocycles. The number of carbonyl (C=O) groups excluding carboxylic acids is 1. The molecule has 0 saturated heterocycles. The van der Waals surface area contributed by atoms with Gasteiger partial charge in [-0.3, -0.25) is 4.79 Å². The molecule has 0 aliphatic rings. The van der Waals surface area contributed by atoms with Crippen molar-refractivity contribution in [1.82, 2.24) is 15.2 Å². The minimum absolute atomic E-state index is 0.207.